The van der Waals surface area contributed by atoms with Crippen molar-refractivity contribution in [3.63, 3.8) is 0 Å². The molecular weight excluding hydrogens is 265 g/mol. The number of nitrogens with zero attached hydrogens (tertiary/aromatic N) is 1. The van der Waals surface area contributed by atoms with Crippen molar-refractivity contribution in [1.82, 2.24) is 4.31 Å². The molecule has 1 aliphatic rings. The molecule has 0 bridgehead atoms. The van der Waals surface area contributed by atoms with Crippen molar-refractivity contribution in [2.75, 3.05) is 6.54 Å². The van der Waals surface area contributed by atoms with Gasteiger partial charge < -0.3 is 10.0 Å². The smallest absolute Gasteiger partial charge is 0.423 e. The van der Waals surface area contributed by atoms with Gasteiger partial charge in [0.25, 0.3) is 0 Å². The van der Waals surface area contributed by atoms with E-state index in [1.807, 2.05) is 6.92 Å². The second kappa shape index (κ2) is 5.62. The minimum atomic E-state index is -3.48. The van der Waals surface area contributed by atoms with Gasteiger partial charge in [0.2, 0.25) is 10.0 Å². The van der Waals surface area contributed by atoms with Crippen LogP contribution in [0.4, 0.5) is 0 Å². The lowest BCUT2D eigenvalue weighted by atomic mass is 9.81. The Morgan fingerprint density at radius 3 is 2.37 bits per heavy atom. The minimum Gasteiger partial charge on any atom is -0.423 e. The van der Waals surface area contributed by atoms with Crippen molar-refractivity contribution in [2.45, 2.75) is 37.1 Å². The molecule has 0 unspecified atom stereocenters. The van der Waals surface area contributed by atoms with Gasteiger partial charge in [0.05, 0.1) is 4.90 Å². The SMILES string of the molecule is C[C@H]1CCCCN1S(=O)(=O)c1ccc(B(O)O)cc1. The summed E-state index contributed by atoms with van der Waals surface area (Å²) in [6.45, 7) is 2.47. The lowest BCUT2D eigenvalue weighted by molar-refractivity contribution is 0.268. The Labute approximate surface area is 114 Å². The Kier molecular flexibility index (Phi) is 4.30. The number of benzene rings is 1. The van der Waals surface area contributed by atoms with E-state index in [9.17, 15) is 8.42 Å². The zero-order chi connectivity index (χ0) is 14.0. The average molecular weight is 283 g/mol. The van der Waals surface area contributed by atoms with Crippen LogP contribution in [0.15, 0.2) is 29.2 Å². The van der Waals surface area contributed by atoms with Gasteiger partial charge in [-0.1, -0.05) is 18.6 Å². The summed E-state index contributed by atoms with van der Waals surface area (Å²) in [7, 11) is -5.06. The van der Waals surface area contributed by atoms with Crippen LogP contribution in [0, 0.1) is 0 Å². The van der Waals surface area contributed by atoms with E-state index in [1.54, 1.807) is 0 Å². The first-order valence-corrected chi connectivity index (χ1v) is 7.85. The number of piperidine rings is 1. The summed E-state index contributed by atoms with van der Waals surface area (Å²) >= 11 is 0. The molecule has 1 aromatic carbocycles. The maximum atomic E-state index is 12.5. The van der Waals surface area contributed by atoms with Crippen LogP contribution in [0.25, 0.3) is 0 Å². The first-order valence-electron chi connectivity index (χ1n) is 6.41. The summed E-state index contributed by atoms with van der Waals surface area (Å²) in [5, 5.41) is 18.0. The maximum absolute atomic E-state index is 12.5. The van der Waals surface area contributed by atoms with Crippen molar-refractivity contribution in [3.8, 4) is 0 Å². The fourth-order valence-corrected chi connectivity index (χ4v) is 4.08. The zero-order valence-electron chi connectivity index (χ0n) is 10.9. The first kappa shape index (κ1) is 14.5. The van der Waals surface area contributed by atoms with Crippen LogP contribution in [-0.4, -0.2) is 42.5 Å². The molecule has 1 aliphatic heterocycles. The van der Waals surface area contributed by atoms with E-state index in [2.05, 4.69) is 0 Å². The van der Waals surface area contributed by atoms with Crippen molar-refractivity contribution >= 4 is 22.6 Å². The Bertz CT molecular complexity index is 529. The Balaban J connectivity index is 2.28. The molecule has 1 atom stereocenters. The first-order chi connectivity index (χ1) is 8.93. The molecule has 0 aliphatic carbocycles. The summed E-state index contributed by atoms with van der Waals surface area (Å²) in [5.41, 5.74) is 0.283. The van der Waals surface area contributed by atoms with Gasteiger partial charge in [0.15, 0.2) is 0 Å². The largest absolute Gasteiger partial charge is 0.488 e. The highest BCUT2D eigenvalue weighted by molar-refractivity contribution is 7.89. The lowest BCUT2D eigenvalue weighted by Gasteiger charge is -2.32. The predicted molar refractivity (Wildman–Crippen MR) is 73.5 cm³/mol. The Morgan fingerprint density at radius 1 is 1.21 bits per heavy atom. The summed E-state index contributed by atoms with van der Waals surface area (Å²) in [5.74, 6) is 0. The Morgan fingerprint density at radius 2 is 1.84 bits per heavy atom. The van der Waals surface area contributed by atoms with Gasteiger partial charge in [-0.15, -0.1) is 0 Å². The third-order valence-electron chi connectivity index (χ3n) is 3.53. The maximum Gasteiger partial charge on any atom is 0.488 e. The molecule has 0 radical (unpaired) electrons. The molecule has 1 fully saturated rings. The molecule has 0 saturated carbocycles. The van der Waals surface area contributed by atoms with Gasteiger partial charge in [-0.2, -0.15) is 4.31 Å². The third-order valence-corrected chi connectivity index (χ3v) is 5.55. The zero-order valence-corrected chi connectivity index (χ0v) is 11.7. The highest BCUT2D eigenvalue weighted by Gasteiger charge is 2.30. The van der Waals surface area contributed by atoms with Crippen LogP contribution < -0.4 is 5.46 Å². The lowest BCUT2D eigenvalue weighted by Crippen LogP contribution is -2.42. The van der Waals surface area contributed by atoms with E-state index in [4.69, 9.17) is 10.0 Å². The van der Waals surface area contributed by atoms with E-state index < -0.39 is 17.1 Å². The van der Waals surface area contributed by atoms with E-state index in [0.717, 1.165) is 19.3 Å². The number of sulfonamides is 1. The van der Waals surface area contributed by atoms with Crippen LogP contribution in [0.2, 0.25) is 0 Å². The molecule has 1 saturated heterocycles. The second-order valence-corrected chi connectivity index (χ2v) is 6.79. The molecule has 19 heavy (non-hydrogen) atoms. The van der Waals surface area contributed by atoms with Gasteiger partial charge in [-0.05, 0) is 37.4 Å². The quantitative estimate of drug-likeness (QED) is 0.761. The fraction of sp³-hybridized carbons (Fsp3) is 0.500. The molecular formula is C12H18BNO4S. The molecule has 5 nitrogen and oxygen atoms in total. The van der Waals surface area contributed by atoms with E-state index in [0.29, 0.717) is 6.54 Å². The van der Waals surface area contributed by atoms with Gasteiger partial charge in [0.1, 0.15) is 0 Å². The van der Waals surface area contributed by atoms with Crippen LogP contribution in [0.3, 0.4) is 0 Å². The van der Waals surface area contributed by atoms with Gasteiger partial charge in [0, 0.05) is 12.6 Å². The van der Waals surface area contributed by atoms with E-state index in [1.165, 1.54) is 28.6 Å². The second-order valence-electron chi connectivity index (χ2n) is 4.90. The van der Waals surface area contributed by atoms with Crippen LogP contribution in [0.5, 0.6) is 0 Å². The third kappa shape index (κ3) is 3.00. The molecule has 0 aromatic heterocycles. The molecule has 2 rings (SSSR count). The van der Waals surface area contributed by atoms with Crippen molar-refractivity contribution in [1.29, 1.82) is 0 Å². The monoisotopic (exact) mass is 283 g/mol. The molecule has 104 valence electrons. The van der Waals surface area contributed by atoms with Gasteiger partial charge in [-0.25, -0.2) is 8.42 Å². The van der Waals surface area contributed by atoms with Crippen LogP contribution >= 0.6 is 0 Å². The summed E-state index contributed by atoms with van der Waals surface area (Å²) in [6.07, 6.45) is 2.83. The van der Waals surface area contributed by atoms with Crippen molar-refractivity contribution in [2.24, 2.45) is 0 Å². The molecule has 7 heteroatoms. The highest BCUT2D eigenvalue weighted by atomic mass is 32.2. The predicted octanol–water partition coefficient (Wildman–Crippen LogP) is -0.0705. The fourth-order valence-electron chi connectivity index (χ4n) is 2.38. The highest BCUT2D eigenvalue weighted by Crippen LogP contribution is 2.24. The standard InChI is InChI=1S/C12H18BNO4S/c1-10-4-2-3-9-14(10)19(17,18)12-7-5-11(6-8-12)13(15)16/h5-8,10,15-16H,2-4,9H2,1H3/t10-/m0/s1. The van der Waals surface area contributed by atoms with Gasteiger partial charge >= 0.3 is 7.12 Å². The molecule has 0 spiro atoms. The number of rotatable bonds is 3. The summed E-state index contributed by atoms with van der Waals surface area (Å²) in [6, 6.07) is 5.71. The van der Waals surface area contributed by atoms with Crippen LogP contribution in [0.1, 0.15) is 26.2 Å². The minimum absolute atomic E-state index is 0.0156. The topological polar surface area (TPSA) is 77.8 Å². The van der Waals surface area contributed by atoms with Crippen molar-refractivity contribution in [3.05, 3.63) is 24.3 Å². The van der Waals surface area contributed by atoms with E-state index >= 15 is 0 Å². The molecule has 0 amide bonds. The average Bonchev–Trinajstić information content (AvgIpc) is 2.39. The Hall–Kier alpha value is -0.885. The number of hydrogen-bond donors (Lipinski definition) is 2. The van der Waals surface area contributed by atoms with Crippen LogP contribution in [-0.2, 0) is 10.0 Å². The number of hydrogen-bond acceptors (Lipinski definition) is 4. The molecule has 1 aromatic rings. The molecule has 2 N–H and O–H groups in total. The van der Waals surface area contributed by atoms with Crippen molar-refractivity contribution < 1.29 is 18.5 Å². The van der Waals surface area contributed by atoms with Gasteiger partial charge in [-0.3, -0.25) is 0 Å². The van der Waals surface area contributed by atoms with E-state index in [-0.39, 0.29) is 16.4 Å². The molecule has 1 heterocycles. The normalized spacial score (nSPS) is 21.3. The summed E-state index contributed by atoms with van der Waals surface area (Å²) in [4.78, 5) is 0.200. The summed E-state index contributed by atoms with van der Waals surface area (Å²) < 4.78 is 26.5.